The Morgan fingerprint density at radius 1 is 0.889 bits per heavy atom. The molecular formula is C21H40N2O4. The van der Waals surface area contributed by atoms with Crippen molar-refractivity contribution in [1.82, 2.24) is 10.2 Å². The smallest absolute Gasteiger partial charge is 0.303 e. The van der Waals surface area contributed by atoms with Crippen LogP contribution in [0.5, 0.6) is 0 Å². The summed E-state index contributed by atoms with van der Waals surface area (Å²) in [4.78, 5) is 38.5. The minimum Gasteiger partial charge on any atom is -0.481 e. The van der Waals surface area contributed by atoms with E-state index in [1.54, 1.807) is 4.90 Å². The van der Waals surface area contributed by atoms with Crippen LogP contribution in [-0.2, 0) is 14.4 Å². The molecule has 2 amide bonds. The lowest BCUT2D eigenvalue weighted by Crippen LogP contribution is -2.50. The van der Waals surface area contributed by atoms with Gasteiger partial charge < -0.3 is 15.3 Å². The third kappa shape index (κ3) is 11.0. The summed E-state index contributed by atoms with van der Waals surface area (Å²) in [5.74, 6) is -1.34. The summed E-state index contributed by atoms with van der Waals surface area (Å²) in [5, 5.41) is 11.9. The number of carboxylic acids is 1. The van der Waals surface area contributed by atoms with Gasteiger partial charge in [-0.3, -0.25) is 14.4 Å². The van der Waals surface area contributed by atoms with Gasteiger partial charge in [0.25, 0.3) is 0 Å². The fourth-order valence-electron chi connectivity index (χ4n) is 3.04. The number of hydrogen-bond acceptors (Lipinski definition) is 3. The maximum absolute atomic E-state index is 13.0. The second-order valence-electron chi connectivity index (χ2n) is 7.27. The van der Waals surface area contributed by atoms with Gasteiger partial charge in [-0.2, -0.15) is 0 Å². The standard InChI is InChI=1S/C21H40N2O4/c1-5-9-12-17(8-4)20(26)22-18(13-14-19(24)25)21(27)23(15-10-6-2)16-11-7-3/h17-18H,5-16H2,1-4H3,(H,22,26)(H,24,25). The normalized spacial score (nSPS) is 13.0. The van der Waals surface area contributed by atoms with Crippen molar-refractivity contribution in [2.75, 3.05) is 13.1 Å². The molecule has 0 fully saturated rings. The number of amides is 2. The molecule has 2 unspecified atom stereocenters. The van der Waals surface area contributed by atoms with Gasteiger partial charge in [-0.1, -0.05) is 53.4 Å². The summed E-state index contributed by atoms with van der Waals surface area (Å²) in [7, 11) is 0. The number of hydrogen-bond donors (Lipinski definition) is 2. The third-order valence-electron chi connectivity index (χ3n) is 4.91. The van der Waals surface area contributed by atoms with Gasteiger partial charge in [0.05, 0.1) is 0 Å². The first-order valence-electron chi connectivity index (χ1n) is 10.7. The molecule has 0 rings (SSSR count). The van der Waals surface area contributed by atoms with Crippen molar-refractivity contribution in [3.63, 3.8) is 0 Å². The number of unbranched alkanes of at least 4 members (excludes halogenated alkanes) is 3. The van der Waals surface area contributed by atoms with Crippen molar-refractivity contribution in [2.24, 2.45) is 5.92 Å². The highest BCUT2D eigenvalue weighted by Gasteiger charge is 2.28. The van der Waals surface area contributed by atoms with E-state index in [0.717, 1.165) is 51.4 Å². The van der Waals surface area contributed by atoms with Crippen molar-refractivity contribution in [2.45, 2.75) is 97.9 Å². The molecular weight excluding hydrogens is 344 g/mol. The van der Waals surface area contributed by atoms with Crippen LogP contribution in [0, 0.1) is 5.92 Å². The summed E-state index contributed by atoms with van der Waals surface area (Å²) in [6.07, 6.45) is 7.30. The lowest BCUT2D eigenvalue weighted by molar-refractivity contribution is -0.140. The summed E-state index contributed by atoms with van der Waals surface area (Å²) in [6.45, 7) is 9.52. The lowest BCUT2D eigenvalue weighted by atomic mass is 9.97. The maximum atomic E-state index is 13.0. The van der Waals surface area contributed by atoms with Crippen molar-refractivity contribution in [1.29, 1.82) is 0 Å². The first kappa shape index (κ1) is 25.4. The highest BCUT2D eigenvalue weighted by Crippen LogP contribution is 2.14. The van der Waals surface area contributed by atoms with Crippen molar-refractivity contribution < 1.29 is 19.5 Å². The molecule has 158 valence electrons. The SMILES string of the molecule is CCCCC(CC)C(=O)NC(CCC(=O)O)C(=O)N(CCCC)CCCC. The minimum absolute atomic E-state index is 0.121. The highest BCUT2D eigenvalue weighted by atomic mass is 16.4. The predicted molar refractivity (Wildman–Crippen MR) is 109 cm³/mol. The zero-order valence-corrected chi connectivity index (χ0v) is 17.8. The number of carbonyl (C=O) groups excluding carboxylic acids is 2. The molecule has 6 heteroatoms. The van der Waals surface area contributed by atoms with Gasteiger partial charge in [0.2, 0.25) is 11.8 Å². The number of carboxylic acid groups (broad SMARTS) is 1. The molecule has 2 atom stereocenters. The fourth-order valence-corrected chi connectivity index (χ4v) is 3.04. The molecule has 0 radical (unpaired) electrons. The van der Waals surface area contributed by atoms with E-state index in [4.69, 9.17) is 5.11 Å². The first-order valence-corrected chi connectivity index (χ1v) is 10.7. The molecule has 0 aromatic carbocycles. The van der Waals surface area contributed by atoms with E-state index in [1.807, 2.05) is 6.92 Å². The average Bonchev–Trinajstić information content (AvgIpc) is 2.65. The molecule has 0 aliphatic heterocycles. The van der Waals surface area contributed by atoms with Crippen LogP contribution in [0.1, 0.15) is 91.9 Å². The van der Waals surface area contributed by atoms with E-state index in [9.17, 15) is 14.4 Å². The van der Waals surface area contributed by atoms with E-state index in [-0.39, 0.29) is 30.6 Å². The van der Waals surface area contributed by atoms with Gasteiger partial charge in [0.1, 0.15) is 6.04 Å². The number of aliphatic carboxylic acids is 1. The molecule has 0 saturated carbocycles. The van der Waals surface area contributed by atoms with Gasteiger partial charge >= 0.3 is 5.97 Å². The van der Waals surface area contributed by atoms with E-state index >= 15 is 0 Å². The van der Waals surface area contributed by atoms with Gasteiger partial charge in [-0.05, 0) is 32.1 Å². The van der Waals surface area contributed by atoms with Crippen LogP contribution in [0.4, 0.5) is 0 Å². The van der Waals surface area contributed by atoms with Gasteiger partial charge in [0.15, 0.2) is 0 Å². The van der Waals surface area contributed by atoms with E-state index in [1.165, 1.54) is 0 Å². The zero-order chi connectivity index (χ0) is 20.7. The number of rotatable bonds is 16. The number of nitrogens with one attached hydrogen (secondary N) is 1. The second kappa shape index (κ2) is 15.5. The van der Waals surface area contributed by atoms with Crippen LogP contribution < -0.4 is 5.32 Å². The van der Waals surface area contributed by atoms with Crippen molar-refractivity contribution in [3.05, 3.63) is 0 Å². The molecule has 0 aromatic heterocycles. The third-order valence-corrected chi connectivity index (χ3v) is 4.91. The number of carbonyl (C=O) groups is 3. The van der Waals surface area contributed by atoms with Crippen molar-refractivity contribution >= 4 is 17.8 Å². The Morgan fingerprint density at radius 3 is 1.89 bits per heavy atom. The Kier molecular flexibility index (Phi) is 14.6. The molecule has 0 bridgehead atoms. The van der Waals surface area contributed by atoms with E-state index in [2.05, 4.69) is 26.1 Å². The topological polar surface area (TPSA) is 86.7 Å². The Morgan fingerprint density at radius 2 is 1.44 bits per heavy atom. The predicted octanol–water partition coefficient (Wildman–Crippen LogP) is 3.98. The molecule has 6 nitrogen and oxygen atoms in total. The van der Waals surface area contributed by atoms with Gasteiger partial charge in [0, 0.05) is 25.4 Å². The molecule has 0 aromatic rings. The average molecular weight is 385 g/mol. The maximum Gasteiger partial charge on any atom is 0.303 e. The zero-order valence-electron chi connectivity index (χ0n) is 17.8. The molecule has 0 spiro atoms. The van der Waals surface area contributed by atoms with Crippen molar-refractivity contribution in [3.8, 4) is 0 Å². The Bertz CT molecular complexity index is 432. The number of nitrogens with zero attached hydrogens (tertiary/aromatic N) is 1. The molecule has 0 saturated heterocycles. The van der Waals surface area contributed by atoms with Crippen LogP contribution >= 0.6 is 0 Å². The largest absolute Gasteiger partial charge is 0.481 e. The molecule has 0 heterocycles. The van der Waals surface area contributed by atoms with Crippen LogP contribution in [0.15, 0.2) is 0 Å². The molecule has 27 heavy (non-hydrogen) atoms. The monoisotopic (exact) mass is 384 g/mol. The molecule has 0 aliphatic rings. The second-order valence-corrected chi connectivity index (χ2v) is 7.27. The fraction of sp³-hybridized carbons (Fsp3) is 0.857. The summed E-state index contributed by atoms with van der Waals surface area (Å²) in [5.41, 5.74) is 0. The lowest BCUT2D eigenvalue weighted by Gasteiger charge is -2.29. The highest BCUT2D eigenvalue weighted by molar-refractivity contribution is 5.88. The summed E-state index contributed by atoms with van der Waals surface area (Å²) < 4.78 is 0. The quantitative estimate of drug-likeness (QED) is 0.421. The van der Waals surface area contributed by atoms with Crippen LogP contribution in [0.2, 0.25) is 0 Å². The van der Waals surface area contributed by atoms with E-state index in [0.29, 0.717) is 13.1 Å². The molecule has 2 N–H and O–H groups in total. The molecule has 0 aliphatic carbocycles. The Balaban J connectivity index is 5.17. The van der Waals surface area contributed by atoms with Crippen LogP contribution in [-0.4, -0.2) is 46.9 Å². The van der Waals surface area contributed by atoms with Gasteiger partial charge in [-0.15, -0.1) is 0 Å². The first-order chi connectivity index (χ1) is 12.9. The summed E-state index contributed by atoms with van der Waals surface area (Å²) in [6, 6.07) is -0.752. The Hall–Kier alpha value is -1.59. The Labute approximate surface area is 165 Å². The summed E-state index contributed by atoms with van der Waals surface area (Å²) >= 11 is 0. The van der Waals surface area contributed by atoms with Gasteiger partial charge in [-0.25, -0.2) is 0 Å². The van der Waals surface area contributed by atoms with E-state index < -0.39 is 12.0 Å². The van der Waals surface area contributed by atoms with Crippen LogP contribution in [0.25, 0.3) is 0 Å². The minimum atomic E-state index is -0.950. The van der Waals surface area contributed by atoms with Crippen LogP contribution in [0.3, 0.4) is 0 Å².